The fourth-order valence-corrected chi connectivity index (χ4v) is 2.15. The molecule has 0 amide bonds. The number of hydrogen-bond acceptors (Lipinski definition) is 5. The van der Waals surface area contributed by atoms with E-state index in [1.807, 2.05) is 0 Å². The van der Waals surface area contributed by atoms with E-state index in [1.165, 1.54) is 24.5 Å². The van der Waals surface area contributed by atoms with Crippen LogP contribution >= 0.6 is 27.3 Å². The minimum atomic E-state index is -0.420. The predicted octanol–water partition coefficient (Wildman–Crippen LogP) is 3.19. The Kier molecular flexibility index (Phi) is 3.35. The van der Waals surface area contributed by atoms with Gasteiger partial charge in [-0.2, -0.15) is 0 Å². The van der Waals surface area contributed by atoms with Crippen LogP contribution in [0.5, 0.6) is 5.75 Å². The molecular formula is C9H7BrFN3OS. The number of aromatic nitrogens is 2. The summed E-state index contributed by atoms with van der Waals surface area (Å²) in [5.41, 5.74) is 0.599. The summed E-state index contributed by atoms with van der Waals surface area (Å²) in [5.74, 6) is -0.208. The molecule has 0 aliphatic rings. The van der Waals surface area contributed by atoms with Gasteiger partial charge in [0.1, 0.15) is 0 Å². The van der Waals surface area contributed by atoms with Crippen LogP contribution < -0.4 is 10.1 Å². The van der Waals surface area contributed by atoms with Crippen molar-refractivity contribution in [2.45, 2.75) is 0 Å². The Morgan fingerprint density at radius 2 is 2.25 bits per heavy atom. The third-order valence-corrected chi connectivity index (χ3v) is 3.07. The maximum Gasteiger partial charge on any atom is 0.210 e. The normalized spacial score (nSPS) is 10.2. The molecule has 2 aromatic rings. The van der Waals surface area contributed by atoms with Crippen LogP contribution in [-0.4, -0.2) is 17.3 Å². The minimum absolute atomic E-state index is 0.212. The summed E-state index contributed by atoms with van der Waals surface area (Å²) in [5, 5.41) is 11.1. The number of rotatable bonds is 3. The lowest BCUT2D eigenvalue weighted by Gasteiger charge is -2.05. The quantitative estimate of drug-likeness (QED) is 0.946. The van der Waals surface area contributed by atoms with Crippen molar-refractivity contribution in [2.75, 3.05) is 12.4 Å². The standard InChI is InChI=1S/C9H7BrFN3OS/c1-15-7-3-2-5(4-6(7)11)12-9-14-13-8(10)16-9/h2-4H,1H3,(H,12,14). The number of methoxy groups -OCH3 is 1. The van der Waals surface area contributed by atoms with Gasteiger partial charge in [-0.15, -0.1) is 10.2 Å². The van der Waals surface area contributed by atoms with Crippen molar-refractivity contribution in [3.05, 3.63) is 27.9 Å². The minimum Gasteiger partial charge on any atom is -0.494 e. The van der Waals surface area contributed by atoms with E-state index in [1.54, 1.807) is 12.1 Å². The highest BCUT2D eigenvalue weighted by molar-refractivity contribution is 9.11. The highest BCUT2D eigenvalue weighted by Crippen LogP contribution is 2.26. The molecule has 16 heavy (non-hydrogen) atoms. The number of halogens is 2. The van der Waals surface area contributed by atoms with Crippen molar-refractivity contribution in [2.24, 2.45) is 0 Å². The molecule has 0 bridgehead atoms. The van der Waals surface area contributed by atoms with Gasteiger partial charge in [0.15, 0.2) is 15.5 Å². The Balaban J connectivity index is 2.19. The van der Waals surface area contributed by atoms with Crippen LogP contribution in [0, 0.1) is 5.82 Å². The Morgan fingerprint density at radius 1 is 1.44 bits per heavy atom. The lowest BCUT2D eigenvalue weighted by molar-refractivity contribution is 0.386. The molecule has 0 fully saturated rings. The van der Waals surface area contributed by atoms with E-state index in [9.17, 15) is 4.39 Å². The molecule has 1 aromatic heterocycles. The lowest BCUT2D eigenvalue weighted by Crippen LogP contribution is -1.93. The van der Waals surface area contributed by atoms with Crippen molar-refractivity contribution in [3.8, 4) is 5.75 Å². The zero-order valence-corrected chi connectivity index (χ0v) is 10.6. The van der Waals surface area contributed by atoms with Crippen LogP contribution in [0.3, 0.4) is 0 Å². The molecule has 1 heterocycles. The topological polar surface area (TPSA) is 47.0 Å². The first-order chi connectivity index (χ1) is 7.69. The maximum atomic E-state index is 13.4. The Labute approximate surface area is 104 Å². The molecule has 0 aliphatic heterocycles. The molecule has 0 saturated heterocycles. The van der Waals surface area contributed by atoms with Gasteiger partial charge in [0, 0.05) is 11.8 Å². The summed E-state index contributed by atoms with van der Waals surface area (Å²) in [7, 11) is 1.42. The van der Waals surface area contributed by atoms with E-state index in [0.29, 0.717) is 14.7 Å². The van der Waals surface area contributed by atoms with Gasteiger partial charge in [0.2, 0.25) is 5.13 Å². The summed E-state index contributed by atoms with van der Waals surface area (Å²) in [6, 6.07) is 4.60. The highest BCUT2D eigenvalue weighted by Gasteiger charge is 2.05. The van der Waals surface area contributed by atoms with E-state index >= 15 is 0 Å². The van der Waals surface area contributed by atoms with Crippen LogP contribution in [-0.2, 0) is 0 Å². The third-order valence-electron chi connectivity index (χ3n) is 1.80. The molecule has 0 unspecified atom stereocenters. The van der Waals surface area contributed by atoms with Crippen molar-refractivity contribution in [1.29, 1.82) is 0 Å². The molecule has 0 aliphatic carbocycles. The molecule has 84 valence electrons. The number of nitrogens with zero attached hydrogens (tertiary/aromatic N) is 2. The molecule has 0 radical (unpaired) electrons. The maximum absolute atomic E-state index is 13.4. The SMILES string of the molecule is COc1ccc(Nc2nnc(Br)s2)cc1F. The number of ether oxygens (including phenoxy) is 1. The third kappa shape index (κ3) is 2.48. The molecule has 0 saturated carbocycles. The first kappa shape index (κ1) is 11.3. The van der Waals surface area contributed by atoms with Crippen LogP contribution in [0.4, 0.5) is 15.2 Å². The largest absolute Gasteiger partial charge is 0.494 e. The first-order valence-corrected chi connectivity index (χ1v) is 5.89. The van der Waals surface area contributed by atoms with Gasteiger partial charge in [-0.3, -0.25) is 0 Å². The molecule has 4 nitrogen and oxygen atoms in total. The summed E-state index contributed by atoms with van der Waals surface area (Å²) < 4.78 is 18.8. The smallest absolute Gasteiger partial charge is 0.210 e. The van der Waals surface area contributed by atoms with Gasteiger partial charge in [-0.1, -0.05) is 11.3 Å². The Hall–Kier alpha value is -1.21. The van der Waals surface area contributed by atoms with Crippen molar-refractivity contribution in [1.82, 2.24) is 10.2 Å². The molecule has 1 aromatic carbocycles. The zero-order chi connectivity index (χ0) is 11.5. The van der Waals surface area contributed by atoms with Gasteiger partial charge in [0.05, 0.1) is 7.11 Å². The summed E-state index contributed by atoms with van der Waals surface area (Å²) in [6.07, 6.45) is 0. The number of hydrogen-bond donors (Lipinski definition) is 1. The van der Waals surface area contributed by atoms with Crippen LogP contribution in [0.2, 0.25) is 0 Å². The van der Waals surface area contributed by atoms with E-state index in [4.69, 9.17) is 4.74 Å². The molecular weight excluding hydrogens is 297 g/mol. The number of benzene rings is 1. The number of anilines is 2. The van der Waals surface area contributed by atoms with Crippen molar-refractivity contribution < 1.29 is 9.13 Å². The fraction of sp³-hybridized carbons (Fsp3) is 0.111. The zero-order valence-electron chi connectivity index (χ0n) is 8.20. The summed E-state index contributed by atoms with van der Waals surface area (Å²) >= 11 is 4.52. The lowest BCUT2D eigenvalue weighted by atomic mass is 10.3. The van der Waals surface area contributed by atoms with Crippen LogP contribution in [0.15, 0.2) is 22.1 Å². The van der Waals surface area contributed by atoms with Gasteiger partial charge >= 0.3 is 0 Å². The van der Waals surface area contributed by atoms with Gasteiger partial charge in [-0.05, 0) is 28.1 Å². The monoisotopic (exact) mass is 303 g/mol. The van der Waals surface area contributed by atoms with Crippen molar-refractivity contribution in [3.63, 3.8) is 0 Å². The van der Waals surface area contributed by atoms with Gasteiger partial charge in [0.25, 0.3) is 0 Å². The summed E-state index contributed by atoms with van der Waals surface area (Å²) in [6.45, 7) is 0. The number of nitrogens with one attached hydrogen (secondary N) is 1. The van der Waals surface area contributed by atoms with E-state index < -0.39 is 5.82 Å². The average molecular weight is 304 g/mol. The molecule has 0 atom stereocenters. The molecule has 0 spiro atoms. The second kappa shape index (κ2) is 4.75. The van der Waals surface area contributed by atoms with Gasteiger partial charge in [-0.25, -0.2) is 4.39 Å². The van der Waals surface area contributed by atoms with E-state index in [-0.39, 0.29) is 5.75 Å². The van der Waals surface area contributed by atoms with E-state index in [0.717, 1.165) is 0 Å². The van der Waals surface area contributed by atoms with E-state index in [2.05, 4.69) is 31.4 Å². The molecule has 7 heteroatoms. The highest BCUT2D eigenvalue weighted by atomic mass is 79.9. The second-order valence-corrected chi connectivity index (χ2v) is 5.09. The predicted molar refractivity (Wildman–Crippen MR) is 63.8 cm³/mol. The molecule has 1 N–H and O–H groups in total. The average Bonchev–Trinajstić information content (AvgIpc) is 2.64. The van der Waals surface area contributed by atoms with Crippen LogP contribution in [0.25, 0.3) is 0 Å². The van der Waals surface area contributed by atoms with Gasteiger partial charge < -0.3 is 10.1 Å². The van der Waals surface area contributed by atoms with Crippen LogP contribution in [0.1, 0.15) is 0 Å². The Bertz CT molecular complexity index is 505. The second-order valence-electron chi connectivity index (χ2n) is 2.83. The summed E-state index contributed by atoms with van der Waals surface area (Å²) in [4.78, 5) is 0. The molecule has 2 rings (SSSR count). The fourth-order valence-electron chi connectivity index (χ4n) is 1.12. The Morgan fingerprint density at radius 3 is 2.81 bits per heavy atom. The first-order valence-electron chi connectivity index (χ1n) is 4.28. The van der Waals surface area contributed by atoms with Crippen molar-refractivity contribution >= 4 is 38.1 Å².